The van der Waals surface area contributed by atoms with Crippen molar-refractivity contribution in [3.8, 4) is 17.2 Å². The molecule has 1 atom stereocenters. The van der Waals surface area contributed by atoms with Gasteiger partial charge < -0.3 is 24.8 Å². The largest absolute Gasteiger partial charge is 0.493 e. The van der Waals surface area contributed by atoms with Gasteiger partial charge >= 0.3 is 0 Å². The summed E-state index contributed by atoms with van der Waals surface area (Å²) in [6.07, 6.45) is -0.161. The average molecular weight is 375 g/mol. The topological polar surface area (TPSA) is 64.1 Å². The summed E-state index contributed by atoms with van der Waals surface area (Å²) < 4.78 is 29.5. The van der Waals surface area contributed by atoms with E-state index in [0.29, 0.717) is 36.3 Å². The van der Waals surface area contributed by atoms with Crippen LogP contribution in [0.25, 0.3) is 0 Å². The smallest absolute Gasteiger partial charge is 0.191 e. The lowest BCUT2D eigenvalue weighted by atomic mass is 10.2. The molecule has 0 radical (unpaired) electrons. The highest BCUT2D eigenvalue weighted by atomic mass is 19.1. The van der Waals surface area contributed by atoms with Crippen LogP contribution in [0.5, 0.6) is 17.2 Å². The maximum absolute atomic E-state index is 13.2. The number of halogens is 1. The molecule has 0 fully saturated rings. The lowest BCUT2D eigenvalue weighted by Gasteiger charge is -2.18. The van der Waals surface area contributed by atoms with Crippen LogP contribution in [0, 0.1) is 5.82 Å². The molecule has 0 heterocycles. The average Bonchev–Trinajstić information content (AvgIpc) is 2.67. The van der Waals surface area contributed by atoms with E-state index in [1.807, 2.05) is 25.1 Å². The molecule has 1 unspecified atom stereocenters. The fourth-order valence-electron chi connectivity index (χ4n) is 2.45. The standard InChI is InChI=1S/C20H26FN3O3/c1-14(27-17-7-5-6-16(21)11-17)12-23-20(22-2)24-13-15-8-9-18(25-3)19(10-15)26-4/h5-11,14H,12-13H2,1-4H3,(H2,22,23,24). The van der Waals surface area contributed by atoms with Gasteiger partial charge in [-0.05, 0) is 36.8 Å². The van der Waals surface area contributed by atoms with E-state index < -0.39 is 0 Å². The zero-order valence-corrected chi connectivity index (χ0v) is 16.1. The van der Waals surface area contributed by atoms with Crippen LogP contribution in [-0.2, 0) is 6.54 Å². The Kier molecular flexibility index (Phi) is 7.73. The number of aliphatic imine (C=N–C) groups is 1. The van der Waals surface area contributed by atoms with Crippen molar-refractivity contribution >= 4 is 5.96 Å². The summed E-state index contributed by atoms with van der Waals surface area (Å²) in [5, 5.41) is 6.42. The Morgan fingerprint density at radius 1 is 1.07 bits per heavy atom. The van der Waals surface area contributed by atoms with Gasteiger partial charge in [-0.25, -0.2) is 4.39 Å². The third-order valence-electron chi connectivity index (χ3n) is 3.82. The summed E-state index contributed by atoms with van der Waals surface area (Å²) in [5.74, 6) is 2.18. The Morgan fingerprint density at radius 2 is 1.85 bits per heavy atom. The van der Waals surface area contributed by atoms with Gasteiger partial charge in [0.05, 0.1) is 20.8 Å². The highest BCUT2D eigenvalue weighted by Gasteiger charge is 2.08. The molecule has 27 heavy (non-hydrogen) atoms. The van der Waals surface area contributed by atoms with Crippen LogP contribution < -0.4 is 24.8 Å². The summed E-state index contributed by atoms with van der Waals surface area (Å²) >= 11 is 0. The van der Waals surface area contributed by atoms with E-state index in [4.69, 9.17) is 14.2 Å². The molecule has 0 bridgehead atoms. The normalized spacial score (nSPS) is 12.3. The van der Waals surface area contributed by atoms with Crippen LogP contribution in [0.4, 0.5) is 4.39 Å². The van der Waals surface area contributed by atoms with Crippen molar-refractivity contribution in [2.75, 3.05) is 27.8 Å². The molecule has 0 aliphatic carbocycles. The minimum atomic E-state index is -0.319. The first kappa shape index (κ1) is 20.4. The van der Waals surface area contributed by atoms with Crippen LogP contribution in [0.3, 0.4) is 0 Å². The molecule has 6 nitrogen and oxygen atoms in total. The molecule has 0 saturated carbocycles. The van der Waals surface area contributed by atoms with Crippen molar-refractivity contribution in [1.29, 1.82) is 0 Å². The second-order valence-electron chi connectivity index (χ2n) is 5.88. The minimum absolute atomic E-state index is 0.161. The number of guanidine groups is 1. The number of rotatable bonds is 8. The van der Waals surface area contributed by atoms with Gasteiger partial charge in [0, 0.05) is 19.7 Å². The van der Waals surface area contributed by atoms with E-state index >= 15 is 0 Å². The van der Waals surface area contributed by atoms with E-state index in [1.165, 1.54) is 12.1 Å². The highest BCUT2D eigenvalue weighted by Crippen LogP contribution is 2.27. The quantitative estimate of drug-likeness (QED) is 0.549. The van der Waals surface area contributed by atoms with Crippen molar-refractivity contribution in [2.45, 2.75) is 19.6 Å². The third kappa shape index (κ3) is 6.36. The van der Waals surface area contributed by atoms with Crippen LogP contribution in [0.2, 0.25) is 0 Å². The zero-order valence-electron chi connectivity index (χ0n) is 16.1. The van der Waals surface area contributed by atoms with Gasteiger partial charge in [-0.15, -0.1) is 0 Å². The van der Waals surface area contributed by atoms with Crippen molar-refractivity contribution in [1.82, 2.24) is 10.6 Å². The molecule has 2 rings (SSSR count). The molecule has 146 valence electrons. The summed E-state index contributed by atoms with van der Waals surface area (Å²) in [6.45, 7) is 2.99. The predicted molar refractivity (Wildman–Crippen MR) is 104 cm³/mol. The van der Waals surface area contributed by atoms with Crippen molar-refractivity contribution < 1.29 is 18.6 Å². The van der Waals surface area contributed by atoms with Crippen LogP contribution >= 0.6 is 0 Å². The Labute approximate surface area is 159 Å². The van der Waals surface area contributed by atoms with Gasteiger partial charge in [-0.2, -0.15) is 0 Å². The van der Waals surface area contributed by atoms with Gasteiger partial charge in [0.1, 0.15) is 17.7 Å². The molecule has 0 saturated heterocycles. The monoisotopic (exact) mass is 375 g/mol. The second-order valence-corrected chi connectivity index (χ2v) is 5.88. The Bertz CT molecular complexity index is 768. The van der Waals surface area contributed by atoms with E-state index in [0.717, 1.165) is 5.56 Å². The molecule has 0 aromatic heterocycles. The Hall–Kier alpha value is -2.96. The van der Waals surface area contributed by atoms with E-state index in [1.54, 1.807) is 33.4 Å². The summed E-state index contributed by atoms with van der Waals surface area (Å²) in [6, 6.07) is 11.8. The molecular weight excluding hydrogens is 349 g/mol. The molecule has 2 aromatic rings. The molecule has 2 N–H and O–H groups in total. The number of hydrogen-bond acceptors (Lipinski definition) is 4. The predicted octanol–water partition coefficient (Wildman–Crippen LogP) is 2.98. The van der Waals surface area contributed by atoms with Crippen LogP contribution in [-0.4, -0.2) is 39.9 Å². The highest BCUT2D eigenvalue weighted by molar-refractivity contribution is 5.79. The molecule has 0 spiro atoms. The minimum Gasteiger partial charge on any atom is -0.493 e. The number of benzene rings is 2. The number of hydrogen-bond donors (Lipinski definition) is 2. The van der Waals surface area contributed by atoms with Gasteiger partial charge in [0.2, 0.25) is 0 Å². The molecular formula is C20H26FN3O3. The number of ether oxygens (including phenoxy) is 3. The summed E-state index contributed by atoms with van der Waals surface area (Å²) in [4.78, 5) is 4.20. The number of nitrogens with zero attached hydrogens (tertiary/aromatic N) is 1. The van der Waals surface area contributed by atoms with E-state index in [-0.39, 0.29) is 11.9 Å². The summed E-state index contributed by atoms with van der Waals surface area (Å²) in [7, 11) is 4.91. The molecule has 7 heteroatoms. The Morgan fingerprint density at radius 3 is 2.52 bits per heavy atom. The van der Waals surface area contributed by atoms with Gasteiger partial charge in [-0.1, -0.05) is 12.1 Å². The number of nitrogens with one attached hydrogen (secondary N) is 2. The van der Waals surface area contributed by atoms with Crippen LogP contribution in [0.15, 0.2) is 47.5 Å². The molecule has 0 aliphatic rings. The molecule has 0 aliphatic heterocycles. The molecule has 2 aromatic carbocycles. The van der Waals surface area contributed by atoms with Gasteiger partial charge in [0.15, 0.2) is 17.5 Å². The fourth-order valence-corrected chi connectivity index (χ4v) is 2.45. The lowest BCUT2D eigenvalue weighted by Crippen LogP contribution is -2.41. The zero-order chi connectivity index (χ0) is 19.6. The van der Waals surface area contributed by atoms with E-state index in [9.17, 15) is 4.39 Å². The first-order chi connectivity index (χ1) is 13.0. The molecule has 0 amide bonds. The first-order valence-electron chi connectivity index (χ1n) is 8.63. The van der Waals surface area contributed by atoms with Crippen LogP contribution in [0.1, 0.15) is 12.5 Å². The lowest BCUT2D eigenvalue weighted by molar-refractivity contribution is 0.223. The van der Waals surface area contributed by atoms with Gasteiger partial charge in [0.25, 0.3) is 0 Å². The SMILES string of the molecule is CN=C(NCc1ccc(OC)c(OC)c1)NCC(C)Oc1cccc(F)c1. The maximum Gasteiger partial charge on any atom is 0.191 e. The first-order valence-corrected chi connectivity index (χ1v) is 8.63. The van der Waals surface area contributed by atoms with Crippen molar-refractivity contribution in [2.24, 2.45) is 4.99 Å². The van der Waals surface area contributed by atoms with E-state index in [2.05, 4.69) is 15.6 Å². The summed E-state index contributed by atoms with van der Waals surface area (Å²) in [5.41, 5.74) is 1.03. The third-order valence-corrected chi connectivity index (χ3v) is 3.82. The fraction of sp³-hybridized carbons (Fsp3) is 0.350. The Balaban J connectivity index is 1.83. The second kappa shape index (κ2) is 10.3. The number of methoxy groups -OCH3 is 2. The van der Waals surface area contributed by atoms with Crippen molar-refractivity contribution in [3.05, 3.63) is 53.8 Å². The maximum atomic E-state index is 13.2. The van der Waals surface area contributed by atoms with Gasteiger partial charge in [-0.3, -0.25) is 4.99 Å². The van der Waals surface area contributed by atoms with Crippen molar-refractivity contribution in [3.63, 3.8) is 0 Å².